The summed E-state index contributed by atoms with van der Waals surface area (Å²) in [5.74, 6) is 1.99. The van der Waals surface area contributed by atoms with E-state index in [0.29, 0.717) is 26.4 Å². The highest BCUT2D eigenvalue weighted by molar-refractivity contribution is 5.77. The lowest BCUT2D eigenvalue weighted by molar-refractivity contribution is 0.0977. The fourth-order valence-corrected chi connectivity index (χ4v) is 4.01. The Balaban J connectivity index is 1.68. The van der Waals surface area contributed by atoms with E-state index in [1.54, 1.807) is 0 Å². The van der Waals surface area contributed by atoms with Gasteiger partial charge in [-0.1, -0.05) is 0 Å². The second kappa shape index (κ2) is 7.06. The van der Waals surface area contributed by atoms with Crippen LogP contribution in [0.25, 0.3) is 16.9 Å². The summed E-state index contributed by atoms with van der Waals surface area (Å²) in [4.78, 5) is 9.68. The van der Waals surface area contributed by atoms with Gasteiger partial charge in [0.2, 0.25) is 0 Å². The van der Waals surface area contributed by atoms with Gasteiger partial charge in [-0.15, -0.1) is 0 Å². The SMILES string of the molecule is C[C@@H]1COCCN1c1cc(N2CCOC[C@H]2C)n2ncc(-c3cc[nH]n3)c2n1. The van der Waals surface area contributed by atoms with Crippen molar-refractivity contribution in [1.29, 1.82) is 0 Å². The molecule has 3 aromatic heterocycles. The molecule has 2 fully saturated rings. The molecule has 5 rings (SSSR count). The number of morpholine rings is 2. The Hall–Kier alpha value is -2.65. The molecule has 9 nitrogen and oxygen atoms in total. The summed E-state index contributed by atoms with van der Waals surface area (Å²) >= 11 is 0. The van der Waals surface area contributed by atoms with Crippen molar-refractivity contribution in [3.05, 3.63) is 24.5 Å². The van der Waals surface area contributed by atoms with Gasteiger partial charge in [0.25, 0.3) is 0 Å². The molecule has 2 saturated heterocycles. The van der Waals surface area contributed by atoms with Crippen LogP contribution < -0.4 is 9.80 Å². The van der Waals surface area contributed by atoms with E-state index >= 15 is 0 Å². The lowest BCUT2D eigenvalue weighted by Crippen LogP contribution is -2.46. The molecular formula is C19H25N7O2. The molecule has 0 amide bonds. The summed E-state index contributed by atoms with van der Waals surface area (Å²) < 4.78 is 13.2. The molecule has 148 valence electrons. The Kier molecular flexibility index (Phi) is 4.40. The van der Waals surface area contributed by atoms with Crippen LogP contribution in [0.3, 0.4) is 0 Å². The van der Waals surface area contributed by atoms with Gasteiger partial charge in [0.1, 0.15) is 11.6 Å². The zero-order chi connectivity index (χ0) is 19.1. The molecular weight excluding hydrogens is 358 g/mol. The zero-order valence-electron chi connectivity index (χ0n) is 16.2. The van der Waals surface area contributed by atoms with Crippen LogP contribution in [0.2, 0.25) is 0 Å². The second-order valence-electron chi connectivity index (χ2n) is 7.46. The van der Waals surface area contributed by atoms with Crippen LogP contribution in [0.1, 0.15) is 13.8 Å². The van der Waals surface area contributed by atoms with Crippen LogP contribution in [-0.4, -0.2) is 76.4 Å². The standard InChI is InChI=1S/C19H25N7O2/c1-13-11-27-7-5-24(13)17-9-18(25-6-8-28-12-14(25)2)26-19(22-17)15(10-21-26)16-3-4-20-23-16/h3-4,9-10,13-14H,5-8,11-12H2,1-2H3,(H,20,23)/t13-,14-/m1/s1. The number of hydrogen-bond acceptors (Lipinski definition) is 7. The zero-order valence-corrected chi connectivity index (χ0v) is 16.2. The molecule has 5 heterocycles. The minimum absolute atomic E-state index is 0.271. The van der Waals surface area contributed by atoms with E-state index in [-0.39, 0.29) is 12.1 Å². The van der Waals surface area contributed by atoms with Gasteiger partial charge in [-0.25, -0.2) is 4.98 Å². The van der Waals surface area contributed by atoms with Crippen molar-refractivity contribution >= 4 is 17.3 Å². The number of anilines is 2. The lowest BCUT2D eigenvalue weighted by Gasteiger charge is -2.37. The number of H-pyrrole nitrogens is 1. The van der Waals surface area contributed by atoms with E-state index in [1.807, 2.05) is 23.0 Å². The number of fused-ring (bicyclic) bond motifs is 1. The molecule has 3 aromatic rings. The van der Waals surface area contributed by atoms with Crippen LogP contribution in [0.4, 0.5) is 11.6 Å². The first-order valence-corrected chi connectivity index (χ1v) is 9.80. The number of rotatable bonds is 3. The monoisotopic (exact) mass is 383 g/mol. The maximum absolute atomic E-state index is 5.65. The third-order valence-electron chi connectivity index (χ3n) is 5.54. The van der Waals surface area contributed by atoms with Crippen molar-refractivity contribution in [3.8, 4) is 11.3 Å². The molecule has 0 aromatic carbocycles. The molecule has 1 N–H and O–H groups in total. The Morgan fingerprint density at radius 3 is 2.50 bits per heavy atom. The van der Waals surface area contributed by atoms with Crippen molar-refractivity contribution in [2.24, 2.45) is 0 Å². The minimum atomic E-state index is 0.271. The van der Waals surface area contributed by atoms with Gasteiger partial charge in [-0.3, -0.25) is 5.10 Å². The molecule has 2 aliphatic heterocycles. The Morgan fingerprint density at radius 2 is 1.82 bits per heavy atom. The summed E-state index contributed by atoms with van der Waals surface area (Å²) in [6.07, 6.45) is 3.66. The van der Waals surface area contributed by atoms with Gasteiger partial charge in [-0.2, -0.15) is 14.7 Å². The smallest absolute Gasteiger partial charge is 0.169 e. The fourth-order valence-electron chi connectivity index (χ4n) is 4.01. The third-order valence-corrected chi connectivity index (χ3v) is 5.54. The molecule has 0 aliphatic carbocycles. The van der Waals surface area contributed by atoms with E-state index in [4.69, 9.17) is 14.5 Å². The van der Waals surface area contributed by atoms with Gasteiger partial charge in [0.05, 0.1) is 56.0 Å². The van der Waals surface area contributed by atoms with Crippen molar-refractivity contribution in [3.63, 3.8) is 0 Å². The highest BCUT2D eigenvalue weighted by atomic mass is 16.5. The third kappa shape index (κ3) is 2.91. The number of nitrogens with one attached hydrogen (secondary N) is 1. The van der Waals surface area contributed by atoms with Gasteiger partial charge >= 0.3 is 0 Å². The van der Waals surface area contributed by atoms with Crippen LogP contribution in [0.5, 0.6) is 0 Å². The number of aromatic amines is 1. The normalized spacial score (nSPS) is 23.5. The number of ether oxygens (including phenoxy) is 2. The van der Waals surface area contributed by atoms with E-state index in [2.05, 4.69) is 45.0 Å². The number of aromatic nitrogens is 5. The van der Waals surface area contributed by atoms with Crippen molar-refractivity contribution in [1.82, 2.24) is 24.8 Å². The summed E-state index contributed by atoms with van der Waals surface area (Å²) in [5.41, 5.74) is 2.58. The predicted octanol–water partition coefficient (Wildman–Crippen LogP) is 1.57. The minimum Gasteiger partial charge on any atom is -0.377 e. The first-order valence-electron chi connectivity index (χ1n) is 9.80. The maximum Gasteiger partial charge on any atom is 0.169 e. The summed E-state index contributed by atoms with van der Waals surface area (Å²) in [5, 5.41) is 11.9. The Labute approximate surface area is 163 Å². The Morgan fingerprint density at radius 1 is 1.07 bits per heavy atom. The lowest BCUT2D eigenvalue weighted by atomic mass is 10.2. The first-order chi connectivity index (χ1) is 13.7. The topological polar surface area (TPSA) is 83.8 Å². The van der Waals surface area contributed by atoms with Crippen LogP contribution >= 0.6 is 0 Å². The molecule has 0 bridgehead atoms. The maximum atomic E-state index is 5.65. The summed E-state index contributed by atoms with van der Waals surface area (Å²) in [6, 6.07) is 4.64. The van der Waals surface area contributed by atoms with Gasteiger partial charge in [0.15, 0.2) is 5.65 Å². The van der Waals surface area contributed by atoms with E-state index in [9.17, 15) is 0 Å². The van der Waals surface area contributed by atoms with E-state index < -0.39 is 0 Å². The molecule has 2 aliphatic rings. The quantitative estimate of drug-likeness (QED) is 0.735. The highest BCUT2D eigenvalue weighted by Gasteiger charge is 2.27. The largest absolute Gasteiger partial charge is 0.377 e. The molecule has 0 saturated carbocycles. The van der Waals surface area contributed by atoms with Crippen LogP contribution in [-0.2, 0) is 9.47 Å². The summed E-state index contributed by atoms with van der Waals surface area (Å²) in [6.45, 7) is 8.86. The highest BCUT2D eigenvalue weighted by Crippen LogP contribution is 2.31. The number of nitrogens with zero attached hydrogens (tertiary/aromatic N) is 6. The molecule has 9 heteroatoms. The average molecular weight is 383 g/mol. The summed E-state index contributed by atoms with van der Waals surface area (Å²) in [7, 11) is 0. The molecule has 0 radical (unpaired) electrons. The van der Waals surface area contributed by atoms with Crippen LogP contribution in [0.15, 0.2) is 24.5 Å². The van der Waals surface area contributed by atoms with E-state index in [1.165, 1.54) is 0 Å². The Bertz CT molecular complexity index is 955. The number of hydrogen-bond donors (Lipinski definition) is 1. The van der Waals surface area contributed by atoms with Crippen molar-refractivity contribution < 1.29 is 9.47 Å². The fraction of sp³-hybridized carbons (Fsp3) is 0.526. The predicted molar refractivity (Wildman–Crippen MR) is 106 cm³/mol. The molecule has 28 heavy (non-hydrogen) atoms. The van der Waals surface area contributed by atoms with Crippen molar-refractivity contribution in [2.45, 2.75) is 25.9 Å². The van der Waals surface area contributed by atoms with E-state index in [0.717, 1.165) is 41.6 Å². The first kappa shape index (κ1) is 17.4. The van der Waals surface area contributed by atoms with Gasteiger partial charge in [-0.05, 0) is 19.9 Å². The van der Waals surface area contributed by atoms with Crippen LogP contribution in [0, 0.1) is 0 Å². The van der Waals surface area contributed by atoms with Gasteiger partial charge in [0, 0.05) is 25.4 Å². The average Bonchev–Trinajstić information content (AvgIpc) is 3.37. The van der Waals surface area contributed by atoms with Gasteiger partial charge < -0.3 is 19.3 Å². The second-order valence-corrected chi connectivity index (χ2v) is 7.46. The molecule has 0 spiro atoms. The molecule has 0 unspecified atom stereocenters. The molecule has 2 atom stereocenters. The van der Waals surface area contributed by atoms with Crippen molar-refractivity contribution in [2.75, 3.05) is 49.3 Å².